The van der Waals surface area contributed by atoms with E-state index in [4.69, 9.17) is 25.8 Å². The van der Waals surface area contributed by atoms with Gasteiger partial charge in [-0.25, -0.2) is 9.79 Å². The van der Waals surface area contributed by atoms with E-state index in [0.717, 1.165) is 5.56 Å². The molecule has 0 aromatic heterocycles. The van der Waals surface area contributed by atoms with Crippen molar-refractivity contribution in [3.63, 3.8) is 0 Å². The Labute approximate surface area is 166 Å². The van der Waals surface area contributed by atoms with Crippen LogP contribution >= 0.6 is 11.6 Å². The van der Waals surface area contributed by atoms with E-state index < -0.39 is 11.9 Å². The summed E-state index contributed by atoms with van der Waals surface area (Å²) in [7, 11) is 1.46. The van der Waals surface area contributed by atoms with Crippen molar-refractivity contribution in [1.82, 2.24) is 0 Å². The molecule has 7 heteroatoms. The highest BCUT2D eigenvalue weighted by Crippen LogP contribution is 2.29. The van der Waals surface area contributed by atoms with E-state index in [9.17, 15) is 9.59 Å². The van der Waals surface area contributed by atoms with Gasteiger partial charge in [0, 0.05) is 18.0 Å². The Morgan fingerprint density at radius 2 is 1.79 bits per heavy atom. The van der Waals surface area contributed by atoms with Crippen LogP contribution in [-0.2, 0) is 14.3 Å². The molecular weight excluding hydrogens is 382 g/mol. The minimum atomic E-state index is -0.557. The largest absolute Gasteiger partial charge is 0.493 e. The summed E-state index contributed by atoms with van der Waals surface area (Å²) >= 11 is 5.85. The highest BCUT2D eigenvalue weighted by Gasteiger charge is 2.21. The first-order chi connectivity index (χ1) is 13.4. The van der Waals surface area contributed by atoms with Gasteiger partial charge >= 0.3 is 11.9 Å². The maximum absolute atomic E-state index is 12.1. The quantitative estimate of drug-likeness (QED) is 0.427. The lowest BCUT2D eigenvalue weighted by atomic mass is 10.1. The second-order valence-electron chi connectivity index (χ2n) is 5.76. The summed E-state index contributed by atoms with van der Waals surface area (Å²) < 4.78 is 15.4. The average Bonchev–Trinajstić information content (AvgIpc) is 3.01. The predicted molar refractivity (Wildman–Crippen MR) is 106 cm³/mol. The molecule has 28 heavy (non-hydrogen) atoms. The second kappa shape index (κ2) is 8.54. The summed E-state index contributed by atoms with van der Waals surface area (Å²) in [6.07, 6.45) is 4.93. The number of hydrogen-bond acceptors (Lipinski definition) is 6. The molecule has 1 aliphatic rings. The van der Waals surface area contributed by atoms with E-state index in [-0.39, 0.29) is 11.6 Å². The molecule has 0 radical (unpaired) electrons. The Morgan fingerprint density at radius 3 is 2.46 bits per heavy atom. The van der Waals surface area contributed by atoms with Crippen molar-refractivity contribution in [3.8, 4) is 11.5 Å². The molecule has 0 atom stereocenters. The molecule has 0 saturated heterocycles. The number of cyclic esters (lactones) is 1. The number of hydrogen-bond donors (Lipinski definition) is 0. The zero-order valence-electron chi connectivity index (χ0n) is 15.1. The van der Waals surface area contributed by atoms with Crippen LogP contribution in [0.1, 0.15) is 18.1 Å². The fraction of sp³-hybridized carbons (Fsp3) is 0.0952. The van der Waals surface area contributed by atoms with Crippen molar-refractivity contribution in [2.75, 3.05) is 7.11 Å². The molecule has 0 aliphatic carbocycles. The molecule has 6 nitrogen and oxygen atoms in total. The van der Waals surface area contributed by atoms with Crippen molar-refractivity contribution in [2.24, 2.45) is 4.99 Å². The van der Waals surface area contributed by atoms with Crippen LogP contribution in [0.2, 0.25) is 5.02 Å². The third-order valence-electron chi connectivity index (χ3n) is 3.67. The van der Waals surface area contributed by atoms with Gasteiger partial charge in [0.2, 0.25) is 5.90 Å². The Hall–Kier alpha value is -3.38. The number of methoxy groups -OCH3 is 1. The third-order valence-corrected chi connectivity index (χ3v) is 3.92. The summed E-state index contributed by atoms with van der Waals surface area (Å²) in [6, 6.07) is 12.1. The molecule has 0 spiro atoms. The van der Waals surface area contributed by atoms with E-state index in [2.05, 4.69) is 4.99 Å². The van der Waals surface area contributed by atoms with Crippen molar-refractivity contribution >= 4 is 41.6 Å². The van der Waals surface area contributed by atoms with Gasteiger partial charge in [-0.05, 0) is 47.5 Å². The first-order valence-electron chi connectivity index (χ1n) is 8.27. The molecule has 0 bridgehead atoms. The van der Waals surface area contributed by atoms with Crippen LogP contribution in [0.25, 0.3) is 12.2 Å². The van der Waals surface area contributed by atoms with Gasteiger partial charge in [0.1, 0.15) is 0 Å². The lowest BCUT2D eigenvalue weighted by molar-refractivity contribution is -0.132. The lowest BCUT2D eigenvalue weighted by Gasteiger charge is -2.08. The monoisotopic (exact) mass is 397 g/mol. The molecule has 2 aromatic carbocycles. The van der Waals surface area contributed by atoms with Crippen LogP contribution in [0, 0.1) is 0 Å². The molecule has 0 amide bonds. The normalized spacial score (nSPS) is 14.9. The standard InChI is InChI=1S/C21H16ClNO5/c1-13(24)27-18-9-5-15(12-19(18)26-2)11-17-21(25)28-20(23-17)10-6-14-3-7-16(22)8-4-14/h3-12H,1-2H3/b10-6+,17-11+. The zero-order valence-corrected chi connectivity index (χ0v) is 15.9. The summed E-state index contributed by atoms with van der Waals surface area (Å²) in [4.78, 5) is 27.4. The Morgan fingerprint density at radius 1 is 1.07 bits per heavy atom. The molecule has 1 heterocycles. The van der Waals surface area contributed by atoms with Gasteiger partial charge < -0.3 is 14.2 Å². The summed E-state index contributed by atoms with van der Waals surface area (Å²) in [5, 5.41) is 0.641. The predicted octanol–water partition coefficient (Wildman–Crippen LogP) is 4.28. The lowest BCUT2D eigenvalue weighted by Crippen LogP contribution is -2.03. The van der Waals surface area contributed by atoms with Gasteiger partial charge in [-0.3, -0.25) is 4.79 Å². The molecule has 0 fully saturated rings. The van der Waals surface area contributed by atoms with Crippen LogP contribution in [0.15, 0.2) is 59.2 Å². The topological polar surface area (TPSA) is 74.2 Å². The number of carbonyl (C=O) groups is 2. The Balaban J connectivity index is 1.80. The zero-order chi connectivity index (χ0) is 20.1. The van der Waals surface area contributed by atoms with E-state index in [1.165, 1.54) is 14.0 Å². The number of rotatable bonds is 5. The van der Waals surface area contributed by atoms with Crippen molar-refractivity contribution in [2.45, 2.75) is 6.92 Å². The smallest absolute Gasteiger partial charge is 0.363 e. The number of esters is 2. The molecular formula is C21H16ClNO5. The molecule has 2 aromatic rings. The van der Waals surface area contributed by atoms with E-state index >= 15 is 0 Å². The van der Waals surface area contributed by atoms with Gasteiger partial charge in [0.25, 0.3) is 0 Å². The van der Waals surface area contributed by atoms with Crippen LogP contribution in [0.5, 0.6) is 11.5 Å². The highest BCUT2D eigenvalue weighted by atomic mass is 35.5. The van der Waals surface area contributed by atoms with Crippen molar-refractivity contribution < 1.29 is 23.8 Å². The van der Waals surface area contributed by atoms with Gasteiger partial charge in [0.05, 0.1) is 7.11 Å². The highest BCUT2D eigenvalue weighted by molar-refractivity contribution is 6.30. The average molecular weight is 398 g/mol. The number of nitrogens with zero attached hydrogens (tertiary/aromatic N) is 1. The maximum Gasteiger partial charge on any atom is 0.363 e. The number of halogens is 1. The maximum atomic E-state index is 12.1. The van der Waals surface area contributed by atoms with Gasteiger partial charge in [0.15, 0.2) is 17.2 Å². The molecule has 0 N–H and O–H groups in total. The number of carbonyl (C=O) groups excluding carboxylic acids is 2. The van der Waals surface area contributed by atoms with Crippen LogP contribution in [-0.4, -0.2) is 24.9 Å². The molecule has 142 valence electrons. The number of aliphatic imine (C=N–C) groups is 1. The Bertz CT molecular complexity index is 1010. The van der Waals surface area contributed by atoms with Gasteiger partial charge in [-0.15, -0.1) is 0 Å². The molecule has 1 aliphatic heterocycles. The fourth-order valence-corrected chi connectivity index (χ4v) is 2.54. The van der Waals surface area contributed by atoms with Crippen LogP contribution < -0.4 is 9.47 Å². The van der Waals surface area contributed by atoms with Crippen LogP contribution in [0.4, 0.5) is 0 Å². The minimum absolute atomic E-state index is 0.151. The fourth-order valence-electron chi connectivity index (χ4n) is 2.41. The van der Waals surface area contributed by atoms with E-state index in [0.29, 0.717) is 22.1 Å². The van der Waals surface area contributed by atoms with Gasteiger partial charge in [-0.2, -0.15) is 0 Å². The summed E-state index contributed by atoms with van der Waals surface area (Å²) in [5.41, 5.74) is 1.69. The molecule has 0 saturated carbocycles. The SMILES string of the molecule is COc1cc(/C=C2N=C(/C=C/c3ccc(Cl)cc3)OC/2=O)ccc1OC(C)=O. The summed E-state index contributed by atoms with van der Waals surface area (Å²) in [6.45, 7) is 1.30. The van der Waals surface area contributed by atoms with Crippen LogP contribution in [0.3, 0.4) is 0 Å². The number of benzene rings is 2. The molecule has 0 unspecified atom stereocenters. The second-order valence-corrected chi connectivity index (χ2v) is 6.19. The van der Waals surface area contributed by atoms with E-state index in [1.54, 1.807) is 48.6 Å². The van der Waals surface area contributed by atoms with Crippen molar-refractivity contribution in [3.05, 3.63) is 70.4 Å². The van der Waals surface area contributed by atoms with Crippen molar-refractivity contribution in [1.29, 1.82) is 0 Å². The number of ether oxygens (including phenoxy) is 3. The Kier molecular flexibility index (Phi) is 5.91. The molecule has 3 rings (SSSR count). The first-order valence-corrected chi connectivity index (χ1v) is 8.65. The van der Waals surface area contributed by atoms with E-state index in [1.807, 2.05) is 12.1 Å². The summed E-state index contributed by atoms with van der Waals surface area (Å²) in [5.74, 6) is -0.164. The third kappa shape index (κ3) is 4.86. The minimum Gasteiger partial charge on any atom is -0.493 e. The first kappa shape index (κ1) is 19.4. The van der Waals surface area contributed by atoms with Gasteiger partial charge in [-0.1, -0.05) is 29.8 Å².